The molecule has 2 aromatic heterocycles. The van der Waals surface area contributed by atoms with Gasteiger partial charge in [0.2, 0.25) is 11.8 Å². The number of rotatable bonds is 4. The van der Waals surface area contributed by atoms with Gasteiger partial charge in [0.05, 0.1) is 12.2 Å². The van der Waals surface area contributed by atoms with Gasteiger partial charge in [-0.05, 0) is 36.8 Å². The molecule has 1 aromatic carbocycles. The molecule has 0 bridgehead atoms. The molecule has 0 spiro atoms. The lowest BCUT2D eigenvalue weighted by Crippen LogP contribution is -2.46. The molecule has 2 aliphatic heterocycles. The summed E-state index contributed by atoms with van der Waals surface area (Å²) in [7, 11) is 0. The largest absolute Gasteiger partial charge is 0.344 e. The number of hydrogen-bond donors (Lipinski definition) is 2. The molecule has 8 nitrogen and oxygen atoms in total. The minimum atomic E-state index is -0.485. The molecule has 32 heavy (non-hydrogen) atoms. The van der Waals surface area contributed by atoms with E-state index in [-0.39, 0.29) is 17.6 Å². The number of aromatic nitrogens is 3. The Morgan fingerprint density at radius 1 is 1.16 bits per heavy atom. The fourth-order valence-corrected chi connectivity index (χ4v) is 4.06. The van der Waals surface area contributed by atoms with Crippen LogP contribution in [0.15, 0.2) is 48.8 Å². The zero-order valence-electron chi connectivity index (χ0n) is 17.2. The fraction of sp³-hybridized carbons (Fsp3) is 0.261. The van der Waals surface area contributed by atoms with Crippen molar-refractivity contribution < 1.29 is 14.0 Å². The molecule has 0 unspecified atom stereocenters. The highest BCUT2D eigenvalue weighted by Crippen LogP contribution is 2.30. The standard InChI is InChI=1S/C23H21FN6O2/c24-15-2-1-3-16(12-15)26-22-17-13-30(23(32)19-4-5-20(31)27-19)11-8-18(17)28-21(29-22)14-6-9-25-10-7-14/h1-3,6-7,9-10,12,19H,4-5,8,11,13H2,(H,27,31)(H,26,28,29)/t19-/m1/s1. The molecule has 3 aromatic rings. The maximum atomic E-state index is 13.8. The van der Waals surface area contributed by atoms with Crippen LogP contribution in [0.2, 0.25) is 0 Å². The number of anilines is 2. The first kappa shape index (κ1) is 20.0. The normalized spacial score (nSPS) is 17.6. The topological polar surface area (TPSA) is 100 Å². The number of nitrogens with zero attached hydrogens (tertiary/aromatic N) is 4. The van der Waals surface area contributed by atoms with E-state index in [2.05, 4.69) is 15.6 Å². The van der Waals surface area contributed by atoms with Gasteiger partial charge in [0.25, 0.3) is 0 Å². The Morgan fingerprint density at radius 3 is 2.75 bits per heavy atom. The third kappa shape index (κ3) is 4.01. The van der Waals surface area contributed by atoms with Crippen LogP contribution >= 0.6 is 0 Å². The smallest absolute Gasteiger partial charge is 0.245 e. The molecule has 5 rings (SSSR count). The van der Waals surface area contributed by atoms with Crippen molar-refractivity contribution in [3.05, 3.63) is 65.9 Å². The lowest BCUT2D eigenvalue weighted by atomic mass is 10.0. The number of hydrogen-bond acceptors (Lipinski definition) is 6. The van der Waals surface area contributed by atoms with Crippen LogP contribution in [0, 0.1) is 5.82 Å². The van der Waals surface area contributed by atoms with Gasteiger partial charge in [-0.25, -0.2) is 14.4 Å². The Kier molecular flexibility index (Phi) is 5.22. The first-order valence-corrected chi connectivity index (χ1v) is 10.5. The van der Waals surface area contributed by atoms with Crippen LogP contribution in [0.25, 0.3) is 11.4 Å². The molecule has 1 saturated heterocycles. The van der Waals surface area contributed by atoms with Crippen molar-refractivity contribution in [2.45, 2.75) is 31.8 Å². The van der Waals surface area contributed by atoms with Crippen molar-refractivity contribution in [3.63, 3.8) is 0 Å². The number of nitrogens with one attached hydrogen (secondary N) is 2. The van der Waals surface area contributed by atoms with Gasteiger partial charge >= 0.3 is 0 Å². The highest BCUT2D eigenvalue weighted by atomic mass is 19.1. The van der Waals surface area contributed by atoms with Gasteiger partial charge in [-0.2, -0.15) is 0 Å². The van der Waals surface area contributed by atoms with Gasteiger partial charge in [0.15, 0.2) is 5.82 Å². The summed E-state index contributed by atoms with van der Waals surface area (Å²) in [6, 6.07) is 9.31. The van der Waals surface area contributed by atoms with Gasteiger partial charge in [0, 0.05) is 48.6 Å². The van der Waals surface area contributed by atoms with E-state index in [9.17, 15) is 14.0 Å². The van der Waals surface area contributed by atoms with E-state index in [0.29, 0.717) is 49.7 Å². The Balaban J connectivity index is 1.50. The molecule has 9 heteroatoms. The highest BCUT2D eigenvalue weighted by molar-refractivity contribution is 5.91. The van der Waals surface area contributed by atoms with Crippen LogP contribution in [-0.4, -0.2) is 44.3 Å². The monoisotopic (exact) mass is 432 g/mol. The third-order valence-electron chi connectivity index (χ3n) is 5.69. The van der Waals surface area contributed by atoms with E-state index in [4.69, 9.17) is 9.97 Å². The second kappa shape index (κ2) is 8.33. The molecule has 0 saturated carbocycles. The number of amides is 2. The van der Waals surface area contributed by atoms with Crippen molar-refractivity contribution in [2.24, 2.45) is 0 Å². The summed E-state index contributed by atoms with van der Waals surface area (Å²) in [5, 5.41) is 5.95. The van der Waals surface area contributed by atoms with Gasteiger partial charge in [-0.15, -0.1) is 0 Å². The molecule has 1 atom stereocenters. The van der Waals surface area contributed by atoms with E-state index < -0.39 is 6.04 Å². The van der Waals surface area contributed by atoms with Crippen molar-refractivity contribution in [1.82, 2.24) is 25.2 Å². The maximum Gasteiger partial charge on any atom is 0.245 e. The SMILES string of the molecule is O=C1CC[C@H](C(=O)N2CCc3nc(-c4ccncc4)nc(Nc4cccc(F)c4)c3C2)N1. The van der Waals surface area contributed by atoms with E-state index >= 15 is 0 Å². The van der Waals surface area contributed by atoms with E-state index in [1.54, 1.807) is 29.4 Å². The number of halogens is 1. The van der Waals surface area contributed by atoms with Crippen molar-refractivity contribution >= 4 is 23.3 Å². The summed E-state index contributed by atoms with van der Waals surface area (Å²) < 4.78 is 13.8. The van der Waals surface area contributed by atoms with Crippen molar-refractivity contribution in [2.75, 3.05) is 11.9 Å². The Labute approximate surface area is 183 Å². The van der Waals surface area contributed by atoms with Gasteiger partial charge in [-0.3, -0.25) is 14.6 Å². The average molecular weight is 432 g/mol. The summed E-state index contributed by atoms with van der Waals surface area (Å²) in [6.07, 6.45) is 4.78. The average Bonchev–Trinajstić information content (AvgIpc) is 3.25. The van der Waals surface area contributed by atoms with E-state index in [0.717, 1.165) is 16.8 Å². The lowest BCUT2D eigenvalue weighted by molar-refractivity contribution is -0.135. The van der Waals surface area contributed by atoms with Crippen molar-refractivity contribution in [1.29, 1.82) is 0 Å². The highest BCUT2D eigenvalue weighted by Gasteiger charge is 2.33. The van der Waals surface area contributed by atoms with Crippen LogP contribution in [0.1, 0.15) is 24.1 Å². The van der Waals surface area contributed by atoms with Crippen molar-refractivity contribution in [3.8, 4) is 11.4 Å². The Bertz CT molecular complexity index is 1190. The molecular weight excluding hydrogens is 411 g/mol. The first-order valence-electron chi connectivity index (χ1n) is 10.5. The van der Waals surface area contributed by atoms with Gasteiger partial charge in [0.1, 0.15) is 17.7 Å². The number of benzene rings is 1. The Morgan fingerprint density at radius 2 is 2.00 bits per heavy atom. The lowest BCUT2D eigenvalue weighted by Gasteiger charge is -2.31. The maximum absolute atomic E-state index is 13.8. The molecule has 2 aliphatic rings. The van der Waals surface area contributed by atoms with Crippen LogP contribution < -0.4 is 10.6 Å². The molecule has 1 fully saturated rings. The minimum Gasteiger partial charge on any atom is -0.344 e. The summed E-state index contributed by atoms with van der Waals surface area (Å²) in [6.45, 7) is 0.819. The minimum absolute atomic E-state index is 0.0976. The summed E-state index contributed by atoms with van der Waals surface area (Å²) in [5.41, 5.74) is 3.00. The second-order valence-electron chi connectivity index (χ2n) is 7.86. The molecule has 0 radical (unpaired) electrons. The van der Waals surface area contributed by atoms with Gasteiger partial charge < -0.3 is 15.5 Å². The molecule has 4 heterocycles. The number of carbonyl (C=O) groups excluding carboxylic acids is 2. The number of carbonyl (C=O) groups is 2. The molecule has 162 valence electrons. The zero-order valence-corrected chi connectivity index (χ0v) is 17.2. The summed E-state index contributed by atoms with van der Waals surface area (Å²) >= 11 is 0. The quantitative estimate of drug-likeness (QED) is 0.657. The molecule has 2 N–H and O–H groups in total. The predicted octanol–water partition coefficient (Wildman–Crippen LogP) is 2.58. The summed E-state index contributed by atoms with van der Waals surface area (Å²) in [4.78, 5) is 39.7. The van der Waals surface area contributed by atoms with E-state index in [1.165, 1.54) is 12.1 Å². The first-order chi connectivity index (χ1) is 15.6. The predicted molar refractivity (Wildman–Crippen MR) is 115 cm³/mol. The molecule has 0 aliphatic carbocycles. The number of pyridine rings is 1. The van der Waals surface area contributed by atoms with Crippen LogP contribution in [0.4, 0.5) is 15.9 Å². The fourth-order valence-electron chi connectivity index (χ4n) is 4.06. The van der Waals surface area contributed by atoms with Crippen LogP contribution in [0.5, 0.6) is 0 Å². The molecular formula is C23H21FN6O2. The third-order valence-corrected chi connectivity index (χ3v) is 5.69. The molecule has 2 amide bonds. The zero-order chi connectivity index (χ0) is 22.1. The van der Waals surface area contributed by atoms with Crippen LogP contribution in [-0.2, 0) is 22.6 Å². The van der Waals surface area contributed by atoms with Gasteiger partial charge in [-0.1, -0.05) is 6.07 Å². The number of fused-ring (bicyclic) bond motifs is 1. The van der Waals surface area contributed by atoms with E-state index in [1.807, 2.05) is 12.1 Å². The van der Waals surface area contributed by atoms with Crippen LogP contribution in [0.3, 0.4) is 0 Å². The second-order valence-corrected chi connectivity index (χ2v) is 7.86. The Hall–Kier alpha value is -3.88. The summed E-state index contributed by atoms with van der Waals surface area (Å²) in [5.74, 6) is 0.505.